The molecule has 3 rings (SSSR count). The molecule has 0 aliphatic rings. The van der Waals surface area contributed by atoms with Crippen molar-refractivity contribution in [2.45, 2.75) is 12.5 Å². The summed E-state index contributed by atoms with van der Waals surface area (Å²) in [6.45, 7) is 0.235. The molecule has 0 aliphatic carbocycles. The summed E-state index contributed by atoms with van der Waals surface area (Å²) >= 11 is 0. The van der Waals surface area contributed by atoms with Crippen molar-refractivity contribution in [3.8, 4) is 5.75 Å². The Morgan fingerprint density at radius 3 is 2.75 bits per heavy atom. The average molecular weight is 325 g/mol. The van der Waals surface area contributed by atoms with Crippen LogP contribution in [-0.2, 0) is 13.5 Å². The molecule has 0 saturated carbocycles. The maximum atomic E-state index is 11.7. The average Bonchev–Trinajstić information content (AvgIpc) is 2.94. The highest BCUT2D eigenvalue weighted by atomic mass is 16.5. The molecule has 0 saturated heterocycles. The van der Waals surface area contributed by atoms with E-state index in [1.54, 1.807) is 30.1 Å². The predicted octanol–water partition coefficient (Wildman–Crippen LogP) is 2.22. The van der Waals surface area contributed by atoms with Crippen LogP contribution in [0.15, 0.2) is 48.8 Å². The first-order valence-corrected chi connectivity index (χ1v) is 7.66. The summed E-state index contributed by atoms with van der Waals surface area (Å²) < 4.78 is 7.39. The fraction of sp³-hybridized carbons (Fsp3) is 0.222. The Morgan fingerprint density at radius 1 is 1.29 bits per heavy atom. The lowest BCUT2D eigenvalue weighted by Gasteiger charge is -2.15. The molecule has 24 heavy (non-hydrogen) atoms. The van der Waals surface area contributed by atoms with Crippen LogP contribution in [0.5, 0.6) is 5.75 Å². The standard InChI is InChI=1S/C18H19N3O3/c1-21-11-20-14-7-8-15(16(17(14)21)18(22)23)24-10-13(19)9-12-5-3-2-4-6-12/h2-8,11,13H,9-10,19H2,1H3,(H,22,23). The Morgan fingerprint density at radius 2 is 2.04 bits per heavy atom. The lowest BCUT2D eigenvalue weighted by molar-refractivity contribution is 0.0693. The van der Waals surface area contributed by atoms with Crippen molar-refractivity contribution in [3.05, 3.63) is 59.9 Å². The van der Waals surface area contributed by atoms with Gasteiger partial charge in [0.15, 0.2) is 0 Å². The van der Waals surface area contributed by atoms with Gasteiger partial charge < -0.3 is 20.1 Å². The minimum absolute atomic E-state index is 0.111. The molecular weight excluding hydrogens is 306 g/mol. The molecule has 0 fully saturated rings. The number of aromatic nitrogens is 2. The first-order valence-electron chi connectivity index (χ1n) is 7.66. The second-order valence-corrected chi connectivity index (χ2v) is 5.73. The third-order valence-electron chi connectivity index (χ3n) is 3.85. The molecule has 0 amide bonds. The summed E-state index contributed by atoms with van der Waals surface area (Å²) in [5, 5.41) is 9.55. The maximum Gasteiger partial charge on any atom is 0.341 e. The van der Waals surface area contributed by atoms with E-state index in [4.69, 9.17) is 10.5 Å². The van der Waals surface area contributed by atoms with Crippen LogP contribution in [0.3, 0.4) is 0 Å². The molecule has 1 unspecified atom stereocenters. The van der Waals surface area contributed by atoms with Crippen LogP contribution < -0.4 is 10.5 Å². The van der Waals surface area contributed by atoms with Crippen molar-refractivity contribution in [2.24, 2.45) is 12.8 Å². The van der Waals surface area contributed by atoms with Gasteiger partial charge in [-0.1, -0.05) is 30.3 Å². The normalized spacial score (nSPS) is 12.2. The monoisotopic (exact) mass is 325 g/mol. The van der Waals surface area contributed by atoms with Crippen LogP contribution in [0.2, 0.25) is 0 Å². The van der Waals surface area contributed by atoms with E-state index in [1.165, 1.54) is 0 Å². The van der Waals surface area contributed by atoms with Gasteiger partial charge in [0.1, 0.15) is 17.9 Å². The zero-order valence-electron chi connectivity index (χ0n) is 13.3. The lowest BCUT2D eigenvalue weighted by Crippen LogP contribution is -2.30. The van der Waals surface area contributed by atoms with Gasteiger partial charge in [-0.15, -0.1) is 0 Å². The van der Waals surface area contributed by atoms with Crippen molar-refractivity contribution < 1.29 is 14.6 Å². The smallest absolute Gasteiger partial charge is 0.341 e. The zero-order valence-corrected chi connectivity index (χ0v) is 13.3. The molecule has 1 heterocycles. The number of aromatic carboxylic acids is 1. The highest BCUT2D eigenvalue weighted by Gasteiger charge is 2.19. The number of carbonyl (C=O) groups is 1. The van der Waals surface area contributed by atoms with Crippen LogP contribution in [0.25, 0.3) is 11.0 Å². The maximum absolute atomic E-state index is 11.7. The van der Waals surface area contributed by atoms with E-state index >= 15 is 0 Å². The van der Waals surface area contributed by atoms with Gasteiger partial charge in [-0.05, 0) is 24.1 Å². The summed E-state index contributed by atoms with van der Waals surface area (Å²) in [6, 6.07) is 13.0. The molecule has 2 aromatic carbocycles. The molecule has 0 aliphatic heterocycles. The van der Waals surface area contributed by atoms with Crippen LogP contribution in [0.4, 0.5) is 0 Å². The van der Waals surface area contributed by atoms with E-state index in [-0.39, 0.29) is 18.2 Å². The topological polar surface area (TPSA) is 90.4 Å². The molecular formula is C18H19N3O3. The summed E-state index contributed by atoms with van der Waals surface area (Å²) in [5.41, 5.74) is 8.50. The molecule has 124 valence electrons. The zero-order chi connectivity index (χ0) is 17.1. The van der Waals surface area contributed by atoms with E-state index in [1.807, 2.05) is 30.3 Å². The minimum Gasteiger partial charge on any atom is -0.491 e. The van der Waals surface area contributed by atoms with Crippen molar-refractivity contribution in [3.63, 3.8) is 0 Å². The molecule has 6 heteroatoms. The van der Waals surface area contributed by atoms with E-state index in [9.17, 15) is 9.90 Å². The fourth-order valence-corrected chi connectivity index (χ4v) is 2.73. The van der Waals surface area contributed by atoms with Crippen molar-refractivity contribution >= 4 is 17.0 Å². The molecule has 1 aromatic heterocycles. The number of nitrogens with zero attached hydrogens (tertiary/aromatic N) is 2. The van der Waals surface area contributed by atoms with E-state index in [0.29, 0.717) is 23.2 Å². The predicted molar refractivity (Wildman–Crippen MR) is 91.3 cm³/mol. The summed E-state index contributed by atoms with van der Waals surface area (Å²) in [4.78, 5) is 15.8. The number of nitrogens with two attached hydrogens (primary N) is 1. The van der Waals surface area contributed by atoms with Gasteiger partial charge >= 0.3 is 5.97 Å². The number of hydrogen-bond donors (Lipinski definition) is 2. The third kappa shape index (κ3) is 3.23. The van der Waals surface area contributed by atoms with Crippen molar-refractivity contribution in [1.29, 1.82) is 0 Å². The Balaban J connectivity index is 1.78. The molecule has 0 radical (unpaired) electrons. The minimum atomic E-state index is -1.05. The SMILES string of the molecule is Cn1cnc2ccc(OCC(N)Cc3ccccc3)c(C(=O)O)c21. The number of carboxylic acids is 1. The molecule has 3 aromatic rings. The lowest BCUT2D eigenvalue weighted by atomic mass is 10.1. The molecule has 0 bridgehead atoms. The molecule has 0 spiro atoms. The van der Waals surface area contributed by atoms with E-state index < -0.39 is 5.97 Å². The Bertz CT molecular complexity index is 859. The summed E-state index contributed by atoms with van der Waals surface area (Å²) in [7, 11) is 1.76. The molecule has 1 atom stereocenters. The van der Waals surface area contributed by atoms with Gasteiger partial charge in [0.2, 0.25) is 0 Å². The summed E-state index contributed by atoms with van der Waals surface area (Å²) in [5.74, 6) is -0.738. The Kier molecular flexibility index (Phi) is 4.48. The quantitative estimate of drug-likeness (QED) is 0.725. The number of aryl methyl sites for hydroxylation is 1. The van der Waals surface area contributed by atoms with Gasteiger partial charge in [-0.25, -0.2) is 9.78 Å². The number of imidazole rings is 1. The number of carboxylic acid groups (broad SMARTS) is 1. The highest BCUT2D eigenvalue weighted by molar-refractivity contribution is 6.03. The first-order chi connectivity index (χ1) is 11.6. The third-order valence-corrected chi connectivity index (χ3v) is 3.85. The van der Waals surface area contributed by atoms with Crippen LogP contribution in [-0.4, -0.2) is 33.3 Å². The fourth-order valence-electron chi connectivity index (χ4n) is 2.73. The second-order valence-electron chi connectivity index (χ2n) is 5.73. The largest absolute Gasteiger partial charge is 0.491 e. The van der Waals surface area contributed by atoms with Crippen molar-refractivity contribution in [2.75, 3.05) is 6.61 Å². The van der Waals surface area contributed by atoms with Crippen LogP contribution >= 0.6 is 0 Å². The van der Waals surface area contributed by atoms with E-state index in [0.717, 1.165) is 5.56 Å². The van der Waals surface area contributed by atoms with Gasteiger partial charge in [0.25, 0.3) is 0 Å². The molecule has 3 N–H and O–H groups in total. The first kappa shape index (κ1) is 16.0. The second kappa shape index (κ2) is 6.72. The number of fused-ring (bicyclic) bond motifs is 1. The van der Waals surface area contributed by atoms with Gasteiger partial charge in [-0.3, -0.25) is 0 Å². The van der Waals surface area contributed by atoms with Gasteiger partial charge in [0, 0.05) is 13.1 Å². The van der Waals surface area contributed by atoms with Gasteiger partial charge in [-0.2, -0.15) is 0 Å². The van der Waals surface area contributed by atoms with Crippen LogP contribution in [0, 0.1) is 0 Å². The van der Waals surface area contributed by atoms with Crippen LogP contribution in [0.1, 0.15) is 15.9 Å². The number of ether oxygens (including phenoxy) is 1. The number of rotatable bonds is 6. The Hall–Kier alpha value is -2.86. The Labute approximate surface area is 139 Å². The number of hydrogen-bond acceptors (Lipinski definition) is 4. The summed E-state index contributed by atoms with van der Waals surface area (Å²) in [6.07, 6.45) is 2.25. The van der Waals surface area contributed by atoms with Crippen molar-refractivity contribution in [1.82, 2.24) is 9.55 Å². The number of benzene rings is 2. The van der Waals surface area contributed by atoms with Gasteiger partial charge in [0.05, 0.1) is 17.4 Å². The highest BCUT2D eigenvalue weighted by Crippen LogP contribution is 2.27. The van der Waals surface area contributed by atoms with E-state index in [2.05, 4.69) is 4.98 Å². The molecule has 6 nitrogen and oxygen atoms in total.